The lowest BCUT2D eigenvalue weighted by atomic mass is 10.0. The minimum absolute atomic E-state index is 0.223. The number of aromatic nitrogens is 2. The summed E-state index contributed by atoms with van der Waals surface area (Å²) in [6.07, 6.45) is 1.76. The number of hydrogen-bond acceptors (Lipinski definition) is 2. The summed E-state index contributed by atoms with van der Waals surface area (Å²) in [5, 5.41) is 7.41. The molecule has 4 nitrogen and oxygen atoms in total. The van der Waals surface area contributed by atoms with Crippen LogP contribution in [-0.4, -0.2) is 15.5 Å². The van der Waals surface area contributed by atoms with Crippen molar-refractivity contribution in [1.82, 2.24) is 9.61 Å². The van der Waals surface area contributed by atoms with Gasteiger partial charge in [0.25, 0.3) is 5.91 Å². The van der Waals surface area contributed by atoms with Crippen molar-refractivity contribution in [2.45, 2.75) is 19.8 Å². The Kier molecular flexibility index (Phi) is 3.86. The molecular weight excluding hydrogens is 298 g/mol. The summed E-state index contributed by atoms with van der Waals surface area (Å²) in [5.74, 6) is 0.142. The van der Waals surface area contributed by atoms with E-state index in [9.17, 15) is 4.79 Å². The molecule has 0 aliphatic carbocycles. The van der Waals surface area contributed by atoms with E-state index in [0.29, 0.717) is 16.5 Å². The average Bonchev–Trinajstić information content (AvgIpc) is 2.85. The Bertz CT molecular complexity index is 822. The van der Waals surface area contributed by atoms with Crippen molar-refractivity contribution in [3.05, 3.63) is 64.9 Å². The molecule has 3 rings (SSSR count). The zero-order valence-corrected chi connectivity index (χ0v) is 13.1. The number of halogens is 1. The lowest BCUT2D eigenvalue weighted by Crippen LogP contribution is -2.13. The molecule has 5 heteroatoms. The van der Waals surface area contributed by atoms with Crippen LogP contribution in [0.5, 0.6) is 0 Å². The van der Waals surface area contributed by atoms with Crippen molar-refractivity contribution >= 4 is 28.7 Å². The molecule has 0 unspecified atom stereocenters. The lowest BCUT2D eigenvalue weighted by Gasteiger charge is -2.07. The molecule has 2 heterocycles. The Morgan fingerprint density at radius 1 is 1.18 bits per heavy atom. The first kappa shape index (κ1) is 14.6. The summed E-state index contributed by atoms with van der Waals surface area (Å²) in [6, 6.07) is 13.3. The number of nitrogens with one attached hydrogen (secondary N) is 1. The molecule has 0 saturated heterocycles. The second-order valence-electron chi connectivity index (χ2n) is 5.42. The van der Waals surface area contributed by atoms with Crippen LogP contribution in [0.15, 0.2) is 48.7 Å². The molecular formula is C17H16ClN3O. The molecule has 112 valence electrons. The fraction of sp³-hybridized carbons (Fsp3) is 0.176. The van der Waals surface area contributed by atoms with Gasteiger partial charge in [-0.15, -0.1) is 0 Å². The third-order valence-electron chi connectivity index (χ3n) is 3.53. The predicted octanol–water partition coefficient (Wildman–Crippen LogP) is 4.36. The Morgan fingerprint density at radius 2 is 1.91 bits per heavy atom. The van der Waals surface area contributed by atoms with Gasteiger partial charge in [-0.25, -0.2) is 4.52 Å². The Hall–Kier alpha value is -2.33. The van der Waals surface area contributed by atoms with Gasteiger partial charge in [-0.05, 0) is 35.7 Å². The van der Waals surface area contributed by atoms with Gasteiger partial charge in [0.2, 0.25) is 0 Å². The molecule has 0 aliphatic rings. The normalized spacial score (nSPS) is 11.1. The molecule has 0 fully saturated rings. The second-order valence-corrected chi connectivity index (χ2v) is 5.80. The van der Waals surface area contributed by atoms with E-state index in [4.69, 9.17) is 11.6 Å². The van der Waals surface area contributed by atoms with Gasteiger partial charge in [-0.2, -0.15) is 5.10 Å². The van der Waals surface area contributed by atoms with Crippen LogP contribution in [0, 0.1) is 0 Å². The van der Waals surface area contributed by atoms with Crippen LogP contribution < -0.4 is 5.32 Å². The maximum Gasteiger partial charge on any atom is 0.277 e. The molecule has 22 heavy (non-hydrogen) atoms. The highest BCUT2D eigenvalue weighted by atomic mass is 35.5. The van der Waals surface area contributed by atoms with Crippen molar-refractivity contribution in [3.8, 4) is 0 Å². The quantitative estimate of drug-likeness (QED) is 0.780. The number of benzene rings is 1. The smallest absolute Gasteiger partial charge is 0.277 e. The summed E-state index contributed by atoms with van der Waals surface area (Å²) >= 11 is 6.24. The van der Waals surface area contributed by atoms with Crippen LogP contribution in [0.3, 0.4) is 0 Å². The molecule has 2 aromatic heterocycles. The number of hydrogen-bond donors (Lipinski definition) is 1. The number of carbonyl (C=O) groups is 1. The number of carbonyl (C=O) groups excluding carboxylic acids is 1. The van der Waals surface area contributed by atoms with Gasteiger partial charge < -0.3 is 5.32 Å². The third kappa shape index (κ3) is 2.70. The molecule has 0 saturated carbocycles. The second kappa shape index (κ2) is 5.81. The van der Waals surface area contributed by atoms with Crippen LogP contribution in [0.2, 0.25) is 5.02 Å². The monoisotopic (exact) mass is 313 g/mol. The highest BCUT2D eigenvalue weighted by Gasteiger charge is 2.17. The minimum Gasteiger partial charge on any atom is -0.321 e. The summed E-state index contributed by atoms with van der Waals surface area (Å²) in [7, 11) is 0. The Labute approximate surface area is 133 Å². The first-order valence-electron chi connectivity index (χ1n) is 7.10. The lowest BCUT2D eigenvalue weighted by molar-refractivity contribution is 0.102. The number of nitrogens with zero attached hydrogens (tertiary/aromatic N) is 2. The molecule has 0 radical (unpaired) electrons. The van der Waals surface area contributed by atoms with E-state index in [-0.39, 0.29) is 11.6 Å². The van der Waals surface area contributed by atoms with Crippen LogP contribution in [0.25, 0.3) is 5.52 Å². The van der Waals surface area contributed by atoms with Crippen molar-refractivity contribution < 1.29 is 4.79 Å². The number of pyridine rings is 1. The van der Waals surface area contributed by atoms with Gasteiger partial charge in [0.05, 0.1) is 10.5 Å². The molecule has 1 amide bonds. The maximum absolute atomic E-state index is 12.4. The van der Waals surface area contributed by atoms with E-state index < -0.39 is 0 Å². The maximum atomic E-state index is 12.4. The highest BCUT2D eigenvalue weighted by Crippen LogP contribution is 2.23. The third-order valence-corrected chi connectivity index (χ3v) is 3.90. The van der Waals surface area contributed by atoms with Crippen molar-refractivity contribution in [2.75, 3.05) is 5.32 Å². The molecule has 1 aromatic carbocycles. The van der Waals surface area contributed by atoms with E-state index >= 15 is 0 Å². The predicted molar refractivity (Wildman–Crippen MR) is 88.7 cm³/mol. The Morgan fingerprint density at radius 3 is 2.55 bits per heavy atom. The number of rotatable bonds is 3. The molecule has 0 aliphatic heterocycles. The average molecular weight is 314 g/mol. The van der Waals surface area contributed by atoms with Crippen LogP contribution in [-0.2, 0) is 0 Å². The van der Waals surface area contributed by atoms with Gasteiger partial charge in [0.1, 0.15) is 0 Å². The van der Waals surface area contributed by atoms with Gasteiger partial charge in [-0.3, -0.25) is 4.79 Å². The fourth-order valence-electron chi connectivity index (χ4n) is 2.26. The van der Waals surface area contributed by atoms with E-state index in [1.807, 2.05) is 42.5 Å². The van der Waals surface area contributed by atoms with Crippen molar-refractivity contribution in [2.24, 2.45) is 0 Å². The first-order valence-corrected chi connectivity index (χ1v) is 7.48. The topological polar surface area (TPSA) is 46.4 Å². The first-order chi connectivity index (χ1) is 10.6. The highest BCUT2D eigenvalue weighted by molar-refractivity contribution is 6.37. The summed E-state index contributed by atoms with van der Waals surface area (Å²) < 4.78 is 1.60. The van der Waals surface area contributed by atoms with Gasteiger partial charge >= 0.3 is 0 Å². The zero-order valence-electron chi connectivity index (χ0n) is 12.4. The fourth-order valence-corrected chi connectivity index (χ4v) is 2.53. The largest absolute Gasteiger partial charge is 0.321 e. The zero-order chi connectivity index (χ0) is 15.7. The van der Waals surface area contributed by atoms with Crippen LogP contribution in [0.1, 0.15) is 35.8 Å². The van der Waals surface area contributed by atoms with Crippen LogP contribution >= 0.6 is 11.6 Å². The number of amides is 1. The van der Waals surface area contributed by atoms with Gasteiger partial charge in [-0.1, -0.05) is 43.6 Å². The van der Waals surface area contributed by atoms with Crippen molar-refractivity contribution in [1.29, 1.82) is 0 Å². The van der Waals surface area contributed by atoms with E-state index in [1.165, 1.54) is 5.56 Å². The molecule has 3 aromatic rings. The molecule has 0 bridgehead atoms. The van der Waals surface area contributed by atoms with E-state index in [0.717, 1.165) is 5.69 Å². The summed E-state index contributed by atoms with van der Waals surface area (Å²) in [5.41, 5.74) is 2.89. The minimum atomic E-state index is -0.314. The summed E-state index contributed by atoms with van der Waals surface area (Å²) in [6.45, 7) is 4.26. The molecule has 1 N–H and O–H groups in total. The van der Waals surface area contributed by atoms with Gasteiger partial charge in [0, 0.05) is 11.9 Å². The van der Waals surface area contributed by atoms with E-state index in [1.54, 1.807) is 10.7 Å². The van der Waals surface area contributed by atoms with Crippen LogP contribution in [0.4, 0.5) is 5.69 Å². The number of anilines is 1. The number of fused-ring (bicyclic) bond motifs is 1. The standard InChI is InChI=1S/C17H16ClN3O/c1-11(2)12-6-8-13(9-7-12)19-17(22)16-15(18)14-5-3-4-10-21(14)20-16/h3-11H,1-2H3,(H,19,22). The molecule has 0 atom stereocenters. The molecule has 0 spiro atoms. The SMILES string of the molecule is CC(C)c1ccc(NC(=O)c2nn3ccccc3c2Cl)cc1. The Balaban J connectivity index is 1.85. The van der Waals surface area contributed by atoms with Gasteiger partial charge in [0.15, 0.2) is 5.69 Å². The summed E-state index contributed by atoms with van der Waals surface area (Å²) in [4.78, 5) is 12.4. The van der Waals surface area contributed by atoms with E-state index in [2.05, 4.69) is 24.3 Å². The van der Waals surface area contributed by atoms with Crippen molar-refractivity contribution in [3.63, 3.8) is 0 Å².